The van der Waals surface area contributed by atoms with E-state index in [1.807, 2.05) is 13.1 Å². The van der Waals surface area contributed by atoms with Crippen molar-refractivity contribution in [3.05, 3.63) is 18.0 Å². The number of nitrogens with zero attached hydrogens (tertiary/aromatic N) is 5. The van der Waals surface area contributed by atoms with Gasteiger partial charge in [-0.2, -0.15) is 0 Å². The predicted octanol–water partition coefficient (Wildman–Crippen LogP) is 1.34. The molecule has 8 nitrogen and oxygen atoms in total. The Morgan fingerprint density at radius 2 is 1.96 bits per heavy atom. The number of aliphatic imine (C=N–C) groups is 1. The first-order valence-corrected chi connectivity index (χ1v) is 10.1. The Hall–Kier alpha value is -0.910. The Morgan fingerprint density at radius 1 is 1.21 bits per heavy atom. The molecule has 0 saturated carbocycles. The van der Waals surface area contributed by atoms with E-state index in [9.17, 15) is 0 Å². The predicted molar refractivity (Wildman–Crippen MR) is 121 cm³/mol. The van der Waals surface area contributed by atoms with Gasteiger partial charge in [-0.15, -0.1) is 24.0 Å². The van der Waals surface area contributed by atoms with E-state index >= 15 is 0 Å². The highest BCUT2D eigenvalue weighted by atomic mass is 127. The average Bonchev–Trinajstić information content (AvgIpc) is 3.22. The molecule has 2 aliphatic heterocycles. The lowest BCUT2D eigenvalue weighted by molar-refractivity contribution is 0.120. The SMILES string of the molecule is CN=C(NCC1CCN(CCOC)CC1)N1CCN(Cc2ccon2)CC1.I. The number of piperazine rings is 1. The summed E-state index contributed by atoms with van der Waals surface area (Å²) in [5.74, 6) is 1.77. The maximum atomic E-state index is 5.18. The molecule has 2 fully saturated rings. The van der Waals surface area contributed by atoms with Gasteiger partial charge in [-0.25, -0.2) is 0 Å². The summed E-state index contributed by atoms with van der Waals surface area (Å²) in [5.41, 5.74) is 1.00. The fourth-order valence-corrected chi connectivity index (χ4v) is 3.87. The first-order chi connectivity index (χ1) is 13.3. The van der Waals surface area contributed by atoms with Gasteiger partial charge in [0, 0.05) is 66.0 Å². The highest BCUT2D eigenvalue weighted by Crippen LogP contribution is 2.16. The third-order valence-corrected chi connectivity index (χ3v) is 5.63. The Labute approximate surface area is 185 Å². The van der Waals surface area contributed by atoms with E-state index in [1.165, 1.54) is 25.9 Å². The number of rotatable bonds is 7. The molecule has 0 aromatic carbocycles. The van der Waals surface area contributed by atoms with Crippen LogP contribution in [0.4, 0.5) is 0 Å². The second-order valence-electron chi connectivity index (χ2n) is 7.46. The lowest BCUT2D eigenvalue weighted by Gasteiger charge is -2.37. The molecule has 0 unspecified atom stereocenters. The number of guanidine groups is 1. The molecule has 28 heavy (non-hydrogen) atoms. The fraction of sp³-hybridized carbons (Fsp3) is 0.789. The highest BCUT2D eigenvalue weighted by Gasteiger charge is 2.22. The largest absolute Gasteiger partial charge is 0.383 e. The Bertz CT molecular complexity index is 555. The molecular weight excluding hydrogens is 471 g/mol. The van der Waals surface area contributed by atoms with Crippen LogP contribution < -0.4 is 5.32 Å². The molecule has 0 spiro atoms. The molecule has 9 heteroatoms. The Kier molecular flexibility index (Phi) is 10.5. The van der Waals surface area contributed by atoms with Gasteiger partial charge < -0.3 is 24.4 Å². The molecule has 2 saturated heterocycles. The summed E-state index contributed by atoms with van der Waals surface area (Å²) >= 11 is 0. The molecule has 2 aliphatic rings. The molecule has 0 aliphatic carbocycles. The maximum Gasteiger partial charge on any atom is 0.193 e. The zero-order chi connectivity index (χ0) is 18.9. The first-order valence-electron chi connectivity index (χ1n) is 10.1. The molecule has 1 aromatic heterocycles. The van der Waals surface area contributed by atoms with Gasteiger partial charge in [-0.05, 0) is 31.8 Å². The van der Waals surface area contributed by atoms with Gasteiger partial charge >= 0.3 is 0 Å². The average molecular weight is 506 g/mol. The van der Waals surface area contributed by atoms with E-state index in [2.05, 4.69) is 30.2 Å². The molecule has 3 rings (SSSR count). The molecular formula is C19H35IN6O2. The molecule has 3 heterocycles. The molecule has 160 valence electrons. The lowest BCUT2D eigenvalue weighted by atomic mass is 9.97. The minimum atomic E-state index is 0. The number of likely N-dealkylation sites (tertiary alicyclic amines) is 1. The van der Waals surface area contributed by atoms with Crippen LogP contribution in [-0.2, 0) is 11.3 Å². The second kappa shape index (κ2) is 12.6. The fourth-order valence-electron chi connectivity index (χ4n) is 3.87. The van der Waals surface area contributed by atoms with Crippen LogP contribution >= 0.6 is 24.0 Å². The van der Waals surface area contributed by atoms with Crippen molar-refractivity contribution in [3.8, 4) is 0 Å². The van der Waals surface area contributed by atoms with Crippen molar-refractivity contribution >= 4 is 29.9 Å². The van der Waals surface area contributed by atoms with Gasteiger partial charge in [-0.1, -0.05) is 5.16 Å². The van der Waals surface area contributed by atoms with E-state index in [4.69, 9.17) is 9.26 Å². The third-order valence-electron chi connectivity index (χ3n) is 5.63. The van der Waals surface area contributed by atoms with Crippen LogP contribution in [0.3, 0.4) is 0 Å². The molecule has 0 bridgehead atoms. The number of hydrogen-bond donors (Lipinski definition) is 1. The third kappa shape index (κ3) is 7.16. The topological polar surface area (TPSA) is 69.4 Å². The van der Waals surface area contributed by atoms with Crippen LogP contribution in [-0.4, -0.2) is 98.9 Å². The number of piperidine rings is 1. The van der Waals surface area contributed by atoms with Crippen molar-refractivity contribution in [3.63, 3.8) is 0 Å². The minimum Gasteiger partial charge on any atom is -0.383 e. The quantitative estimate of drug-likeness (QED) is 0.340. The number of aromatic nitrogens is 1. The van der Waals surface area contributed by atoms with Crippen LogP contribution in [0.2, 0.25) is 0 Å². The van der Waals surface area contributed by atoms with Crippen LogP contribution in [0.25, 0.3) is 0 Å². The number of ether oxygens (including phenoxy) is 1. The Balaban J connectivity index is 0.00000280. The van der Waals surface area contributed by atoms with Gasteiger partial charge in [0.05, 0.1) is 12.3 Å². The number of halogens is 1. The summed E-state index contributed by atoms with van der Waals surface area (Å²) in [7, 11) is 3.66. The smallest absolute Gasteiger partial charge is 0.193 e. The standard InChI is InChI=1S/C19H34N6O2.HI/c1-20-19(21-15-17-3-6-23(7-4-17)12-14-26-2)25-10-8-24(9-11-25)16-18-5-13-27-22-18;/h5,13,17H,3-4,6-12,14-16H2,1-2H3,(H,20,21);1H. The summed E-state index contributed by atoms with van der Waals surface area (Å²) in [4.78, 5) is 11.8. The molecule has 0 radical (unpaired) electrons. The number of methoxy groups -OCH3 is 1. The van der Waals surface area contributed by atoms with Crippen molar-refractivity contribution in [2.24, 2.45) is 10.9 Å². The zero-order valence-corrected chi connectivity index (χ0v) is 19.5. The minimum absolute atomic E-state index is 0. The zero-order valence-electron chi connectivity index (χ0n) is 17.2. The summed E-state index contributed by atoms with van der Waals surface area (Å²) < 4.78 is 10.1. The number of nitrogens with one attached hydrogen (secondary N) is 1. The van der Waals surface area contributed by atoms with Crippen molar-refractivity contribution < 1.29 is 9.26 Å². The highest BCUT2D eigenvalue weighted by molar-refractivity contribution is 14.0. The molecule has 1 N–H and O–H groups in total. The van der Waals surface area contributed by atoms with Gasteiger partial charge in [0.25, 0.3) is 0 Å². The first kappa shape index (κ1) is 23.4. The van der Waals surface area contributed by atoms with Crippen LogP contribution in [0.5, 0.6) is 0 Å². The van der Waals surface area contributed by atoms with E-state index < -0.39 is 0 Å². The van der Waals surface area contributed by atoms with Crippen LogP contribution in [0.1, 0.15) is 18.5 Å². The summed E-state index contributed by atoms with van der Waals surface area (Å²) in [5, 5.41) is 7.62. The van der Waals surface area contributed by atoms with Gasteiger partial charge in [0.2, 0.25) is 0 Å². The normalized spacial score (nSPS) is 20.2. The second-order valence-corrected chi connectivity index (χ2v) is 7.46. The molecule has 0 atom stereocenters. The van der Waals surface area contributed by atoms with Crippen LogP contribution in [0.15, 0.2) is 21.8 Å². The van der Waals surface area contributed by atoms with Crippen molar-refractivity contribution in [2.75, 3.05) is 73.1 Å². The lowest BCUT2D eigenvalue weighted by Crippen LogP contribution is -2.53. The summed E-state index contributed by atoms with van der Waals surface area (Å²) in [6.07, 6.45) is 4.14. The van der Waals surface area contributed by atoms with Crippen LogP contribution in [0, 0.1) is 5.92 Å². The Morgan fingerprint density at radius 3 is 2.57 bits per heavy atom. The maximum absolute atomic E-state index is 5.18. The van der Waals surface area contributed by atoms with Gasteiger partial charge in [-0.3, -0.25) is 9.89 Å². The molecule has 0 amide bonds. The van der Waals surface area contributed by atoms with Crippen molar-refractivity contribution in [2.45, 2.75) is 19.4 Å². The van der Waals surface area contributed by atoms with E-state index in [0.717, 1.165) is 70.0 Å². The summed E-state index contributed by atoms with van der Waals surface area (Å²) in [6, 6.07) is 1.94. The number of hydrogen-bond acceptors (Lipinski definition) is 6. The van der Waals surface area contributed by atoms with Gasteiger partial charge in [0.15, 0.2) is 5.96 Å². The van der Waals surface area contributed by atoms with E-state index in [1.54, 1.807) is 13.4 Å². The van der Waals surface area contributed by atoms with Crippen molar-refractivity contribution in [1.29, 1.82) is 0 Å². The van der Waals surface area contributed by atoms with Crippen molar-refractivity contribution in [1.82, 2.24) is 25.2 Å². The monoisotopic (exact) mass is 506 g/mol. The van der Waals surface area contributed by atoms with E-state index in [-0.39, 0.29) is 24.0 Å². The molecule has 1 aromatic rings. The van der Waals surface area contributed by atoms with E-state index in [0.29, 0.717) is 0 Å². The summed E-state index contributed by atoms with van der Waals surface area (Å²) in [6.45, 7) is 10.1. The van der Waals surface area contributed by atoms with Gasteiger partial charge in [0.1, 0.15) is 6.26 Å².